The molecule has 2 aliphatic rings. The van der Waals surface area contributed by atoms with Crippen molar-refractivity contribution >= 4 is 0 Å². The second-order valence-corrected chi connectivity index (χ2v) is 5.94. The van der Waals surface area contributed by atoms with E-state index in [1.165, 1.54) is 16.7 Å². The molecule has 3 rings (SSSR count). The Balaban J connectivity index is 2.00. The van der Waals surface area contributed by atoms with E-state index in [2.05, 4.69) is 31.3 Å². The molecular weight excluding hydrogens is 238 g/mol. The second kappa shape index (κ2) is 4.80. The number of nitrogens with one attached hydrogen (secondary N) is 1. The third kappa shape index (κ3) is 2.26. The molecule has 1 atom stereocenters. The molecule has 104 valence electrons. The molecule has 0 aromatic heterocycles. The van der Waals surface area contributed by atoms with Crippen molar-refractivity contribution in [1.29, 1.82) is 0 Å². The van der Waals surface area contributed by atoms with E-state index in [9.17, 15) is 0 Å². The Morgan fingerprint density at radius 3 is 2.58 bits per heavy atom. The zero-order chi connectivity index (χ0) is 13.5. The molecule has 1 fully saturated rings. The van der Waals surface area contributed by atoms with Crippen LogP contribution in [0.2, 0.25) is 0 Å². The standard InChI is InChI=1S/C16H23NO2/c1-11-8-13-14(9-12(11)2)19-16(10-15(13)18-3)4-6-17-7-5-16/h8-9,15,17H,4-7,10H2,1-3H3. The quantitative estimate of drug-likeness (QED) is 0.843. The summed E-state index contributed by atoms with van der Waals surface area (Å²) in [7, 11) is 1.81. The van der Waals surface area contributed by atoms with Gasteiger partial charge in [0.2, 0.25) is 0 Å². The predicted octanol–water partition coefficient (Wildman–Crippen LogP) is 2.90. The molecule has 0 aliphatic carbocycles. The van der Waals surface area contributed by atoms with Crippen molar-refractivity contribution in [1.82, 2.24) is 5.32 Å². The lowest BCUT2D eigenvalue weighted by Gasteiger charge is -2.44. The maximum atomic E-state index is 6.41. The van der Waals surface area contributed by atoms with Crippen molar-refractivity contribution < 1.29 is 9.47 Å². The van der Waals surface area contributed by atoms with E-state index >= 15 is 0 Å². The molecule has 2 heterocycles. The highest BCUT2D eigenvalue weighted by atomic mass is 16.5. The highest BCUT2D eigenvalue weighted by Crippen LogP contribution is 2.45. The summed E-state index contributed by atoms with van der Waals surface area (Å²) in [6.45, 7) is 6.37. The number of aryl methyl sites for hydroxylation is 2. The minimum atomic E-state index is -0.0272. The molecule has 19 heavy (non-hydrogen) atoms. The van der Waals surface area contributed by atoms with E-state index in [4.69, 9.17) is 9.47 Å². The fourth-order valence-corrected chi connectivity index (χ4v) is 3.27. The summed E-state index contributed by atoms with van der Waals surface area (Å²) in [5.74, 6) is 1.03. The highest BCUT2D eigenvalue weighted by Gasteiger charge is 2.42. The molecule has 0 amide bonds. The van der Waals surface area contributed by atoms with E-state index < -0.39 is 0 Å². The maximum Gasteiger partial charge on any atom is 0.126 e. The number of ether oxygens (including phenoxy) is 2. The van der Waals surface area contributed by atoms with Crippen LogP contribution in [0.3, 0.4) is 0 Å². The molecule has 1 saturated heterocycles. The van der Waals surface area contributed by atoms with Crippen LogP contribution in [0.1, 0.15) is 42.1 Å². The fourth-order valence-electron chi connectivity index (χ4n) is 3.27. The van der Waals surface area contributed by atoms with Crippen LogP contribution in [0.15, 0.2) is 12.1 Å². The van der Waals surface area contributed by atoms with Crippen LogP contribution in [-0.4, -0.2) is 25.8 Å². The first-order valence-electron chi connectivity index (χ1n) is 7.17. The molecule has 3 heteroatoms. The number of hydrogen-bond acceptors (Lipinski definition) is 3. The van der Waals surface area contributed by atoms with Gasteiger partial charge in [0.15, 0.2) is 0 Å². The monoisotopic (exact) mass is 261 g/mol. The van der Waals surface area contributed by atoms with Crippen molar-refractivity contribution in [2.45, 2.75) is 44.8 Å². The van der Waals surface area contributed by atoms with Crippen LogP contribution < -0.4 is 10.1 Å². The third-order valence-electron chi connectivity index (χ3n) is 4.66. The third-order valence-corrected chi connectivity index (χ3v) is 4.66. The number of methoxy groups -OCH3 is 1. The zero-order valence-corrected chi connectivity index (χ0v) is 12.1. The van der Waals surface area contributed by atoms with Crippen LogP contribution in [0.4, 0.5) is 0 Å². The molecule has 0 radical (unpaired) electrons. The normalized spacial score (nSPS) is 24.9. The van der Waals surface area contributed by atoms with Gasteiger partial charge in [-0.05, 0) is 63.0 Å². The summed E-state index contributed by atoms with van der Waals surface area (Å²) in [5, 5.41) is 3.41. The summed E-state index contributed by atoms with van der Waals surface area (Å²) < 4.78 is 12.1. The Hall–Kier alpha value is -1.06. The van der Waals surface area contributed by atoms with Gasteiger partial charge < -0.3 is 14.8 Å². The molecule has 0 bridgehead atoms. The second-order valence-electron chi connectivity index (χ2n) is 5.94. The molecule has 1 unspecified atom stereocenters. The van der Waals surface area contributed by atoms with Gasteiger partial charge in [-0.2, -0.15) is 0 Å². The average Bonchev–Trinajstić information content (AvgIpc) is 2.41. The van der Waals surface area contributed by atoms with Gasteiger partial charge in [0.1, 0.15) is 11.4 Å². The smallest absolute Gasteiger partial charge is 0.126 e. The highest BCUT2D eigenvalue weighted by molar-refractivity contribution is 5.45. The zero-order valence-electron chi connectivity index (χ0n) is 12.1. The molecule has 2 aliphatic heterocycles. The Morgan fingerprint density at radius 2 is 1.89 bits per heavy atom. The van der Waals surface area contributed by atoms with Gasteiger partial charge in [-0.1, -0.05) is 0 Å². The lowest BCUT2D eigenvalue weighted by molar-refractivity contribution is -0.0479. The molecule has 0 saturated carbocycles. The van der Waals surface area contributed by atoms with Crippen molar-refractivity contribution in [2.75, 3.05) is 20.2 Å². The number of fused-ring (bicyclic) bond motifs is 1. The topological polar surface area (TPSA) is 30.5 Å². The van der Waals surface area contributed by atoms with Gasteiger partial charge >= 0.3 is 0 Å². The van der Waals surface area contributed by atoms with Crippen LogP contribution in [0, 0.1) is 13.8 Å². The molecule has 1 spiro atoms. The van der Waals surface area contributed by atoms with E-state index in [1.807, 2.05) is 7.11 Å². The van der Waals surface area contributed by atoms with Crippen LogP contribution in [0.5, 0.6) is 5.75 Å². The minimum Gasteiger partial charge on any atom is -0.487 e. The minimum absolute atomic E-state index is 0.0272. The van der Waals surface area contributed by atoms with E-state index in [0.29, 0.717) is 0 Å². The molecule has 1 aromatic rings. The molecule has 1 aromatic carbocycles. The Bertz CT molecular complexity index is 478. The molecule has 1 N–H and O–H groups in total. The van der Waals surface area contributed by atoms with Gasteiger partial charge in [0.05, 0.1) is 6.10 Å². The van der Waals surface area contributed by atoms with Crippen molar-refractivity contribution in [3.05, 3.63) is 28.8 Å². The number of hydrogen-bond donors (Lipinski definition) is 1. The summed E-state index contributed by atoms with van der Waals surface area (Å²) in [6, 6.07) is 4.41. The first-order chi connectivity index (χ1) is 9.13. The van der Waals surface area contributed by atoms with Gasteiger partial charge in [-0.3, -0.25) is 0 Å². The summed E-state index contributed by atoms with van der Waals surface area (Å²) in [5.41, 5.74) is 3.79. The summed E-state index contributed by atoms with van der Waals surface area (Å²) >= 11 is 0. The summed E-state index contributed by atoms with van der Waals surface area (Å²) in [4.78, 5) is 0. The van der Waals surface area contributed by atoms with Crippen molar-refractivity contribution in [2.24, 2.45) is 0 Å². The maximum absolute atomic E-state index is 6.41. The van der Waals surface area contributed by atoms with Gasteiger partial charge in [0, 0.05) is 19.1 Å². The fraction of sp³-hybridized carbons (Fsp3) is 0.625. The van der Waals surface area contributed by atoms with E-state index in [-0.39, 0.29) is 11.7 Å². The first-order valence-corrected chi connectivity index (χ1v) is 7.17. The Kier molecular flexibility index (Phi) is 3.27. The lowest BCUT2D eigenvalue weighted by Crippen LogP contribution is -2.49. The SMILES string of the molecule is COC1CC2(CCNCC2)Oc2cc(C)c(C)cc21. The largest absolute Gasteiger partial charge is 0.487 e. The van der Waals surface area contributed by atoms with Crippen LogP contribution in [-0.2, 0) is 4.74 Å². The lowest BCUT2D eigenvalue weighted by atomic mass is 9.81. The van der Waals surface area contributed by atoms with E-state index in [1.54, 1.807) is 0 Å². The number of benzene rings is 1. The van der Waals surface area contributed by atoms with Gasteiger partial charge in [0.25, 0.3) is 0 Å². The van der Waals surface area contributed by atoms with Crippen LogP contribution >= 0.6 is 0 Å². The van der Waals surface area contributed by atoms with Gasteiger partial charge in [-0.25, -0.2) is 0 Å². The Morgan fingerprint density at radius 1 is 1.21 bits per heavy atom. The number of rotatable bonds is 1. The first kappa shape index (κ1) is 12.9. The van der Waals surface area contributed by atoms with E-state index in [0.717, 1.165) is 38.1 Å². The average molecular weight is 261 g/mol. The molecular formula is C16H23NO2. The number of piperidine rings is 1. The van der Waals surface area contributed by atoms with Crippen molar-refractivity contribution in [3.8, 4) is 5.75 Å². The Labute approximate surface area is 115 Å². The molecule has 3 nitrogen and oxygen atoms in total. The van der Waals surface area contributed by atoms with Crippen LogP contribution in [0.25, 0.3) is 0 Å². The predicted molar refractivity (Wildman–Crippen MR) is 75.7 cm³/mol. The van der Waals surface area contributed by atoms with Crippen molar-refractivity contribution in [3.63, 3.8) is 0 Å². The summed E-state index contributed by atoms with van der Waals surface area (Å²) in [6.07, 6.45) is 3.28. The van der Waals surface area contributed by atoms with Gasteiger partial charge in [-0.15, -0.1) is 0 Å².